The first-order valence-corrected chi connectivity index (χ1v) is 11.3. The molecule has 31 heavy (non-hydrogen) atoms. The van der Waals surface area contributed by atoms with Gasteiger partial charge in [-0.1, -0.05) is 52.3 Å². The number of hydrogen-bond acceptors (Lipinski definition) is 4. The Hall–Kier alpha value is -3.22. The number of halogens is 1. The summed E-state index contributed by atoms with van der Waals surface area (Å²) in [6.07, 6.45) is 0. The number of hydrogen-bond donors (Lipinski definition) is 1. The second-order valence-electron chi connectivity index (χ2n) is 7.00. The zero-order valence-corrected chi connectivity index (χ0v) is 19.0. The number of ether oxygens (including phenoxy) is 1. The van der Waals surface area contributed by atoms with Gasteiger partial charge >= 0.3 is 0 Å². The molecule has 5 rings (SSSR count). The van der Waals surface area contributed by atoms with Gasteiger partial charge in [0.25, 0.3) is 5.91 Å². The number of aromatic nitrogens is 1. The number of para-hydroxylation sites is 1. The number of nitrogens with zero attached hydrogens (tertiary/aromatic N) is 1. The van der Waals surface area contributed by atoms with Crippen LogP contribution < -0.4 is 10.1 Å². The molecule has 5 aromatic rings. The monoisotopic (exact) mass is 488 g/mol. The lowest BCUT2D eigenvalue weighted by atomic mass is 10.0. The summed E-state index contributed by atoms with van der Waals surface area (Å²) in [6.45, 7) is 0. The average molecular weight is 489 g/mol. The molecule has 0 saturated heterocycles. The summed E-state index contributed by atoms with van der Waals surface area (Å²) < 4.78 is 7.58. The topological polar surface area (TPSA) is 51.2 Å². The molecule has 0 aliphatic rings. The summed E-state index contributed by atoms with van der Waals surface area (Å²) in [5.74, 6) is 0.406. The molecule has 0 bridgehead atoms. The van der Waals surface area contributed by atoms with Crippen LogP contribution in [-0.4, -0.2) is 18.0 Å². The third-order valence-electron chi connectivity index (χ3n) is 5.10. The fourth-order valence-electron chi connectivity index (χ4n) is 3.59. The summed E-state index contributed by atoms with van der Waals surface area (Å²) >= 11 is 5.18. The third kappa shape index (κ3) is 3.69. The van der Waals surface area contributed by atoms with E-state index in [0.717, 1.165) is 36.0 Å². The lowest BCUT2D eigenvalue weighted by molar-refractivity contribution is 0.102. The summed E-state index contributed by atoms with van der Waals surface area (Å²) in [4.78, 5) is 17.9. The van der Waals surface area contributed by atoms with Crippen LogP contribution in [0.1, 0.15) is 10.4 Å². The molecule has 0 atom stereocenters. The van der Waals surface area contributed by atoms with E-state index in [1.54, 1.807) is 18.4 Å². The van der Waals surface area contributed by atoms with Crippen molar-refractivity contribution in [1.29, 1.82) is 0 Å². The molecule has 152 valence electrons. The zero-order valence-electron chi connectivity index (χ0n) is 16.6. The quantitative estimate of drug-likeness (QED) is 0.292. The molecule has 0 saturated carbocycles. The number of fused-ring (bicyclic) bond motifs is 2. The smallest absolute Gasteiger partial charge is 0.256 e. The van der Waals surface area contributed by atoms with E-state index in [2.05, 4.69) is 27.3 Å². The zero-order chi connectivity index (χ0) is 21.4. The normalized spacial score (nSPS) is 11.0. The second kappa shape index (κ2) is 8.13. The molecule has 6 heteroatoms. The molecule has 4 aromatic carbocycles. The number of carbonyl (C=O) groups excluding carboxylic acids is 1. The van der Waals surface area contributed by atoms with E-state index in [1.807, 2.05) is 72.8 Å². The van der Waals surface area contributed by atoms with Gasteiger partial charge in [-0.2, -0.15) is 0 Å². The van der Waals surface area contributed by atoms with E-state index < -0.39 is 0 Å². The van der Waals surface area contributed by atoms with E-state index in [-0.39, 0.29) is 5.91 Å². The molecule has 4 nitrogen and oxygen atoms in total. The van der Waals surface area contributed by atoms with Crippen LogP contribution >= 0.6 is 27.3 Å². The molecule has 0 unspecified atom stereocenters. The first kappa shape index (κ1) is 19.7. The minimum absolute atomic E-state index is 0.191. The maximum absolute atomic E-state index is 13.2. The maximum atomic E-state index is 13.2. The lowest BCUT2D eigenvalue weighted by Gasteiger charge is -2.13. The van der Waals surface area contributed by atoms with Gasteiger partial charge in [-0.25, -0.2) is 4.98 Å². The summed E-state index contributed by atoms with van der Waals surface area (Å²) in [6, 6.07) is 25.3. The van der Waals surface area contributed by atoms with Crippen LogP contribution in [-0.2, 0) is 0 Å². The van der Waals surface area contributed by atoms with Crippen molar-refractivity contribution in [3.8, 4) is 16.3 Å². The fraction of sp³-hybridized carbons (Fsp3) is 0.0400. The minimum atomic E-state index is -0.191. The number of methoxy groups -OCH3 is 1. The first-order chi connectivity index (χ1) is 15.1. The van der Waals surface area contributed by atoms with Gasteiger partial charge in [-0.3, -0.25) is 4.79 Å². The van der Waals surface area contributed by atoms with Crippen molar-refractivity contribution in [3.05, 3.63) is 88.9 Å². The van der Waals surface area contributed by atoms with Crippen LogP contribution in [0.2, 0.25) is 0 Å². The highest BCUT2D eigenvalue weighted by Gasteiger charge is 2.15. The van der Waals surface area contributed by atoms with Crippen molar-refractivity contribution < 1.29 is 9.53 Å². The third-order valence-corrected chi connectivity index (χ3v) is 6.88. The van der Waals surface area contributed by atoms with Crippen LogP contribution in [0.5, 0.6) is 5.75 Å². The highest BCUT2D eigenvalue weighted by molar-refractivity contribution is 9.10. The van der Waals surface area contributed by atoms with Crippen LogP contribution in [0.25, 0.3) is 31.6 Å². The van der Waals surface area contributed by atoms with Gasteiger partial charge in [0, 0.05) is 15.6 Å². The van der Waals surface area contributed by atoms with Gasteiger partial charge in [0.2, 0.25) is 0 Å². The molecule has 1 N–H and O–H groups in total. The number of amides is 1. The van der Waals surface area contributed by atoms with E-state index in [4.69, 9.17) is 9.72 Å². The van der Waals surface area contributed by atoms with Crippen molar-refractivity contribution in [2.75, 3.05) is 12.4 Å². The van der Waals surface area contributed by atoms with Gasteiger partial charge in [0.1, 0.15) is 10.8 Å². The van der Waals surface area contributed by atoms with E-state index in [9.17, 15) is 4.79 Å². The molecule has 0 aliphatic carbocycles. The number of rotatable bonds is 4. The summed E-state index contributed by atoms with van der Waals surface area (Å²) in [5, 5.41) is 5.80. The van der Waals surface area contributed by atoms with Crippen molar-refractivity contribution in [1.82, 2.24) is 4.98 Å². The molecule has 0 radical (unpaired) electrons. The van der Waals surface area contributed by atoms with Crippen LogP contribution in [0.3, 0.4) is 0 Å². The van der Waals surface area contributed by atoms with Gasteiger partial charge in [-0.15, -0.1) is 11.3 Å². The standard InChI is InChI=1S/C25H17BrN2O2S/c1-30-22-13-12-15(25-28-20-10-2-3-11-23(20)31-25)14-21(22)27-24(29)18-8-4-7-17-16(18)6-5-9-19(17)26/h2-14H,1H3,(H,27,29). The van der Waals surface area contributed by atoms with E-state index in [0.29, 0.717) is 17.0 Å². The van der Waals surface area contributed by atoms with Gasteiger partial charge < -0.3 is 10.1 Å². The molecule has 1 aromatic heterocycles. The predicted octanol–water partition coefficient (Wildman–Crippen LogP) is 7.14. The van der Waals surface area contributed by atoms with Crippen molar-refractivity contribution in [3.63, 3.8) is 0 Å². The largest absolute Gasteiger partial charge is 0.495 e. The Bertz CT molecular complexity index is 1410. The molecule has 0 spiro atoms. The molecule has 0 aliphatic heterocycles. The van der Waals surface area contributed by atoms with Crippen LogP contribution in [0, 0.1) is 0 Å². The number of carbonyl (C=O) groups is 1. The molecule has 0 fully saturated rings. The molecule has 1 heterocycles. The van der Waals surface area contributed by atoms with Gasteiger partial charge in [0.05, 0.1) is 23.0 Å². The van der Waals surface area contributed by atoms with Gasteiger partial charge in [-0.05, 0) is 53.2 Å². The Kier molecular flexibility index (Phi) is 5.18. The number of nitrogens with one attached hydrogen (secondary N) is 1. The summed E-state index contributed by atoms with van der Waals surface area (Å²) in [5.41, 5.74) is 3.10. The highest BCUT2D eigenvalue weighted by Crippen LogP contribution is 2.35. The Morgan fingerprint density at radius 1 is 0.968 bits per heavy atom. The summed E-state index contributed by atoms with van der Waals surface area (Å²) in [7, 11) is 1.59. The highest BCUT2D eigenvalue weighted by atomic mass is 79.9. The number of thiazole rings is 1. The van der Waals surface area contributed by atoms with Crippen LogP contribution in [0.15, 0.2) is 83.3 Å². The van der Waals surface area contributed by atoms with Crippen molar-refractivity contribution in [2.24, 2.45) is 0 Å². The van der Waals surface area contributed by atoms with Gasteiger partial charge in [0.15, 0.2) is 0 Å². The Morgan fingerprint density at radius 2 is 1.77 bits per heavy atom. The fourth-order valence-corrected chi connectivity index (χ4v) is 5.05. The van der Waals surface area contributed by atoms with Crippen molar-refractivity contribution in [2.45, 2.75) is 0 Å². The lowest BCUT2D eigenvalue weighted by Crippen LogP contribution is -2.13. The molecule has 1 amide bonds. The van der Waals surface area contributed by atoms with E-state index in [1.165, 1.54) is 0 Å². The maximum Gasteiger partial charge on any atom is 0.256 e. The molecular weight excluding hydrogens is 472 g/mol. The predicted molar refractivity (Wildman–Crippen MR) is 131 cm³/mol. The number of anilines is 1. The number of benzene rings is 4. The van der Waals surface area contributed by atoms with Crippen LogP contribution in [0.4, 0.5) is 5.69 Å². The Balaban J connectivity index is 1.53. The average Bonchev–Trinajstić information content (AvgIpc) is 3.23. The molecular formula is C25H17BrN2O2S. The minimum Gasteiger partial charge on any atom is -0.495 e. The second-order valence-corrected chi connectivity index (χ2v) is 8.88. The Morgan fingerprint density at radius 3 is 2.61 bits per heavy atom. The van der Waals surface area contributed by atoms with Crippen molar-refractivity contribution >= 4 is 59.9 Å². The Labute approximate surface area is 191 Å². The van der Waals surface area contributed by atoms with E-state index >= 15 is 0 Å². The SMILES string of the molecule is COc1ccc(-c2nc3ccccc3s2)cc1NC(=O)c1cccc2c(Br)cccc12. The first-order valence-electron chi connectivity index (χ1n) is 9.66.